The molecule has 2 atom stereocenters. The summed E-state index contributed by atoms with van der Waals surface area (Å²) in [6.07, 6.45) is 8.55. The van der Waals surface area contributed by atoms with Crippen molar-refractivity contribution in [2.75, 3.05) is 20.1 Å². The van der Waals surface area contributed by atoms with Crippen LogP contribution in [0.3, 0.4) is 0 Å². The SMILES string of the molecule is CC(C)n1cc(CNC[C@@H]2CCCN(C)[C@H]2c2ccnn2C)cn1. The third kappa shape index (κ3) is 3.70. The van der Waals surface area contributed by atoms with E-state index in [-0.39, 0.29) is 0 Å². The zero-order valence-corrected chi connectivity index (χ0v) is 15.3. The molecule has 0 aromatic carbocycles. The van der Waals surface area contributed by atoms with Crippen LogP contribution in [0.25, 0.3) is 0 Å². The van der Waals surface area contributed by atoms with Gasteiger partial charge in [0.15, 0.2) is 0 Å². The average molecular weight is 330 g/mol. The van der Waals surface area contributed by atoms with Gasteiger partial charge in [0.1, 0.15) is 0 Å². The van der Waals surface area contributed by atoms with Crippen molar-refractivity contribution in [1.82, 2.24) is 29.8 Å². The predicted octanol–water partition coefficient (Wildman–Crippen LogP) is 2.37. The molecule has 2 aromatic rings. The van der Waals surface area contributed by atoms with Crippen molar-refractivity contribution in [3.8, 4) is 0 Å². The van der Waals surface area contributed by atoms with Crippen molar-refractivity contribution in [2.45, 2.75) is 45.3 Å². The molecular weight excluding hydrogens is 300 g/mol. The lowest BCUT2D eigenvalue weighted by molar-refractivity contribution is 0.113. The van der Waals surface area contributed by atoms with Crippen LogP contribution in [-0.2, 0) is 13.6 Å². The number of aromatic nitrogens is 4. The van der Waals surface area contributed by atoms with Crippen molar-refractivity contribution < 1.29 is 0 Å². The molecule has 0 saturated carbocycles. The van der Waals surface area contributed by atoms with Gasteiger partial charge in [-0.1, -0.05) is 0 Å². The summed E-state index contributed by atoms with van der Waals surface area (Å²) in [4.78, 5) is 2.48. The van der Waals surface area contributed by atoms with Gasteiger partial charge >= 0.3 is 0 Å². The van der Waals surface area contributed by atoms with Crippen LogP contribution >= 0.6 is 0 Å². The lowest BCUT2D eigenvalue weighted by Crippen LogP contribution is -2.41. The Kier molecular flexibility index (Phi) is 5.36. The Balaban J connectivity index is 1.61. The maximum atomic E-state index is 4.42. The molecule has 2 aromatic heterocycles. The predicted molar refractivity (Wildman–Crippen MR) is 95.6 cm³/mol. The number of piperidine rings is 1. The van der Waals surface area contributed by atoms with E-state index < -0.39 is 0 Å². The quantitative estimate of drug-likeness (QED) is 0.883. The molecule has 1 aliphatic rings. The van der Waals surface area contributed by atoms with E-state index in [1.54, 1.807) is 0 Å². The lowest BCUT2D eigenvalue weighted by atomic mass is 9.87. The smallest absolute Gasteiger partial charge is 0.0555 e. The fourth-order valence-electron chi connectivity index (χ4n) is 3.77. The molecule has 0 aliphatic carbocycles. The second kappa shape index (κ2) is 7.49. The Bertz CT molecular complexity index is 643. The van der Waals surface area contributed by atoms with E-state index in [2.05, 4.69) is 53.6 Å². The van der Waals surface area contributed by atoms with E-state index in [1.807, 2.05) is 28.8 Å². The number of rotatable bonds is 6. The van der Waals surface area contributed by atoms with Gasteiger partial charge in [0.25, 0.3) is 0 Å². The van der Waals surface area contributed by atoms with E-state index in [0.717, 1.165) is 19.6 Å². The van der Waals surface area contributed by atoms with Crippen molar-refractivity contribution in [2.24, 2.45) is 13.0 Å². The first-order chi connectivity index (χ1) is 11.6. The van der Waals surface area contributed by atoms with E-state index in [4.69, 9.17) is 0 Å². The van der Waals surface area contributed by atoms with Crippen molar-refractivity contribution in [3.05, 3.63) is 35.9 Å². The van der Waals surface area contributed by atoms with E-state index in [1.165, 1.54) is 24.1 Å². The van der Waals surface area contributed by atoms with Gasteiger partial charge in [-0.25, -0.2) is 0 Å². The topological polar surface area (TPSA) is 50.9 Å². The summed E-state index contributed by atoms with van der Waals surface area (Å²) in [5, 5.41) is 12.4. The molecule has 0 unspecified atom stereocenters. The van der Waals surface area contributed by atoms with Crippen LogP contribution in [0.4, 0.5) is 0 Å². The molecular formula is C18H30N6. The molecule has 3 rings (SSSR count). The summed E-state index contributed by atoms with van der Waals surface area (Å²) < 4.78 is 4.04. The second-order valence-electron chi connectivity index (χ2n) is 7.26. The molecule has 0 bridgehead atoms. The summed E-state index contributed by atoms with van der Waals surface area (Å²) in [5.74, 6) is 0.610. The van der Waals surface area contributed by atoms with Crippen LogP contribution < -0.4 is 5.32 Å². The Hall–Kier alpha value is -1.66. The van der Waals surface area contributed by atoms with E-state index in [9.17, 15) is 0 Å². The summed E-state index contributed by atoms with van der Waals surface area (Å²) >= 11 is 0. The van der Waals surface area contributed by atoms with Crippen molar-refractivity contribution in [3.63, 3.8) is 0 Å². The molecule has 1 N–H and O–H groups in total. The normalized spacial score (nSPS) is 22.4. The van der Waals surface area contributed by atoms with Crippen LogP contribution in [0.15, 0.2) is 24.7 Å². The fourth-order valence-corrected chi connectivity index (χ4v) is 3.77. The highest BCUT2D eigenvalue weighted by Gasteiger charge is 2.31. The maximum Gasteiger partial charge on any atom is 0.0555 e. The molecule has 1 fully saturated rings. The van der Waals surface area contributed by atoms with Crippen LogP contribution in [-0.4, -0.2) is 44.6 Å². The molecule has 132 valence electrons. The Labute approximate surface area is 144 Å². The maximum absolute atomic E-state index is 4.42. The van der Waals surface area contributed by atoms with Gasteiger partial charge in [-0.3, -0.25) is 14.3 Å². The largest absolute Gasteiger partial charge is 0.312 e. The first kappa shape index (κ1) is 17.2. The highest BCUT2D eigenvalue weighted by Crippen LogP contribution is 2.34. The van der Waals surface area contributed by atoms with Crippen molar-refractivity contribution >= 4 is 0 Å². The molecule has 0 radical (unpaired) electrons. The van der Waals surface area contributed by atoms with E-state index in [0.29, 0.717) is 18.0 Å². The molecule has 6 nitrogen and oxygen atoms in total. The summed E-state index contributed by atoms with van der Waals surface area (Å²) in [5.41, 5.74) is 2.57. The zero-order chi connectivity index (χ0) is 17.1. The molecule has 1 saturated heterocycles. The Morgan fingerprint density at radius 3 is 2.79 bits per heavy atom. The van der Waals surface area contributed by atoms with Crippen LogP contribution in [0, 0.1) is 5.92 Å². The first-order valence-corrected chi connectivity index (χ1v) is 8.98. The minimum absolute atomic E-state index is 0.417. The second-order valence-corrected chi connectivity index (χ2v) is 7.26. The third-order valence-corrected chi connectivity index (χ3v) is 5.09. The number of nitrogens with one attached hydrogen (secondary N) is 1. The number of hydrogen-bond donors (Lipinski definition) is 1. The molecule has 0 spiro atoms. The monoisotopic (exact) mass is 330 g/mol. The third-order valence-electron chi connectivity index (χ3n) is 5.09. The van der Waals surface area contributed by atoms with Gasteiger partial charge in [0, 0.05) is 44.1 Å². The van der Waals surface area contributed by atoms with Gasteiger partial charge in [-0.2, -0.15) is 10.2 Å². The minimum atomic E-state index is 0.417. The standard InChI is InChI=1S/C18H30N6/c1-14(2)24-13-15(11-21-24)10-19-12-16-6-5-9-22(3)18(16)17-7-8-20-23(17)4/h7-8,11,13-14,16,18-19H,5-6,9-10,12H2,1-4H3/t16-,18+/m0/s1. The highest BCUT2D eigenvalue weighted by atomic mass is 15.3. The van der Waals surface area contributed by atoms with Crippen LogP contribution in [0.1, 0.15) is 50.0 Å². The summed E-state index contributed by atoms with van der Waals surface area (Å²) in [6.45, 7) is 7.37. The van der Waals surface area contributed by atoms with Gasteiger partial charge in [0.05, 0.1) is 17.9 Å². The number of hydrogen-bond acceptors (Lipinski definition) is 4. The van der Waals surface area contributed by atoms with Gasteiger partial charge in [0.2, 0.25) is 0 Å². The Morgan fingerprint density at radius 1 is 1.29 bits per heavy atom. The fraction of sp³-hybridized carbons (Fsp3) is 0.667. The molecule has 0 amide bonds. The van der Waals surface area contributed by atoms with E-state index >= 15 is 0 Å². The first-order valence-electron chi connectivity index (χ1n) is 8.98. The number of aryl methyl sites for hydroxylation is 1. The Morgan fingerprint density at radius 2 is 2.12 bits per heavy atom. The molecule has 6 heteroatoms. The molecule has 3 heterocycles. The number of likely N-dealkylation sites (tertiary alicyclic amines) is 1. The zero-order valence-electron chi connectivity index (χ0n) is 15.3. The van der Waals surface area contributed by atoms with Crippen LogP contribution in [0.5, 0.6) is 0 Å². The van der Waals surface area contributed by atoms with Gasteiger partial charge in [-0.15, -0.1) is 0 Å². The van der Waals surface area contributed by atoms with Crippen molar-refractivity contribution in [1.29, 1.82) is 0 Å². The van der Waals surface area contributed by atoms with Gasteiger partial charge < -0.3 is 5.32 Å². The average Bonchev–Trinajstić information content (AvgIpc) is 3.17. The highest BCUT2D eigenvalue weighted by molar-refractivity contribution is 5.10. The lowest BCUT2D eigenvalue weighted by Gasteiger charge is -2.39. The number of nitrogens with zero attached hydrogens (tertiary/aromatic N) is 5. The molecule has 1 aliphatic heterocycles. The van der Waals surface area contributed by atoms with Gasteiger partial charge in [-0.05, 0) is 52.3 Å². The van der Waals surface area contributed by atoms with Crippen LogP contribution in [0.2, 0.25) is 0 Å². The minimum Gasteiger partial charge on any atom is -0.312 e. The summed E-state index contributed by atoms with van der Waals surface area (Å²) in [6, 6.07) is 3.02. The summed E-state index contributed by atoms with van der Waals surface area (Å²) in [7, 11) is 4.28. The molecule has 24 heavy (non-hydrogen) atoms.